The van der Waals surface area contributed by atoms with Gasteiger partial charge in [0.25, 0.3) is 5.91 Å². The zero-order chi connectivity index (χ0) is 25.7. The van der Waals surface area contributed by atoms with Crippen LogP contribution in [0.2, 0.25) is 5.02 Å². The Hall–Kier alpha value is -3.12. The third-order valence-corrected chi connectivity index (χ3v) is 6.74. The lowest BCUT2D eigenvalue weighted by Gasteiger charge is -2.34. The van der Waals surface area contributed by atoms with Crippen LogP contribution < -0.4 is 4.80 Å². The normalized spacial score (nSPS) is 14.8. The Balaban J connectivity index is 1.49. The minimum atomic E-state index is -0.704. The van der Waals surface area contributed by atoms with Gasteiger partial charge in [-0.05, 0) is 24.3 Å². The molecule has 1 fully saturated rings. The lowest BCUT2D eigenvalue weighted by atomic mass is 10.1. The highest BCUT2D eigenvalue weighted by Crippen LogP contribution is 2.21. The summed E-state index contributed by atoms with van der Waals surface area (Å²) in [5.74, 6) is -1.19. The van der Waals surface area contributed by atoms with Crippen molar-refractivity contribution in [2.75, 3.05) is 40.4 Å². The largest absolute Gasteiger partial charge is 0.465 e. The molecule has 2 aromatic heterocycles. The van der Waals surface area contributed by atoms with Gasteiger partial charge in [0.2, 0.25) is 0 Å². The molecular weight excluding hydrogens is 509 g/mol. The number of methoxy groups -OCH3 is 2. The van der Waals surface area contributed by atoms with Crippen LogP contribution in [-0.2, 0) is 22.7 Å². The highest BCUT2D eigenvalue weighted by molar-refractivity contribution is 7.07. The van der Waals surface area contributed by atoms with Gasteiger partial charge in [0.05, 0.1) is 29.0 Å². The van der Waals surface area contributed by atoms with E-state index in [-0.39, 0.29) is 16.5 Å². The molecule has 9 nitrogen and oxygen atoms in total. The zero-order valence-corrected chi connectivity index (χ0v) is 21.4. The van der Waals surface area contributed by atoms with Gasteiger partial charge in [-0.25, -0.2) is 19.2 Å². The van der Waals surface area contributed by atoms with E-state index in [4.69, 9.17) is 21.1 Å². The van der Waals surface area contributed by atoms with Crippen molar-refractivity contribution < 1.29 is 23.5 Å². The summed E-state index contributed by atoms with van der Waals surface area (Å²) >= 11 is 7.26. The zero-order valence-electron chi connectivity index (χ0n) is 19.8. The topological polar surface area (TPSA) is 89.3 Å². The number of carbonyl (C=O) groups is 2. The van der Waals surface area contributed by atoms with Crippen molar-refractivity contribution >= 4 is 40.6 Å². The van der Waals surface area contributed by atoms with Crippen molar-refractivity contribution in [3.63, 3.8) is 0 Å². The predicted molar refractivity (Wildman–Crippen MR) is 133 cm³/mol. The fourth-order valence-electron chi connectivity index (χ4n) is 3.85. The number of halogens is 2. The SMILES string of the molecule is COCn1ccsc1=Nc1cc(C(=O)OC)cc(CN2CCN(C(=O)c3cccc(Cl)c3F)CC2)n1. The number of benzene rings is 1. The van der Waals surface area contributed by atoms with E-state index in [2.05, 4.69) is 14.9 Å². The van der Waals surface area contributed by atoms with E-state index in [0.29, 0.717) is 61.3 Å². The highest BCUT2D eigenvalue weighted by Gasteiger charge is 2.25. The number of esters is 1. The van der Waals surface area contributed by atoms with Gasteiger partial charge < -0.3 is 14.4 Å². The van der Waals surface area contributed by atoms with Gasteiger partial charge in [-0.2, -0.15) is 0 Å². The standard InChI is InChI=1S/C24H25ClFN5O4S/c1-34-15-31-10-11-36-24(31)28-20-13-16(23(33)35-2)12-17(27-20)14-29-6-8-30(9-7-29)22(32)18-4-3-5-19(25)21(18)26/h3-5,10-13H,6-9,14-15H2,1-2H3. The molecule has 0 N–H and O–H groups in total. The minimum Gasteiger partial charge on any atom is -0.465 e. The molecule has 1 aromatic carbocycles. The smallest absolute Gasteiger partial charge is 0.338 e. The fraction of sp³-hybridized carbons (Fsp3) is 0.333. The van der Waals surface area contributed by atoms with E-state index in [1.54, 1.807) is 30.2 Å². The number of amides is 1. The molecule has 190 valence electrons. The number of carbonyl (C=O) groups excluding carboxylic acids is 2. The average molecular weight is 534 g/mol. The Morgan fingerprint density at radius 2 is 1.97 bits per heavy atom. The number of nitrogens with zero attached hydrogens (tertiary/aromatic N) is 5. The number of pyridine rings is 1. The number of piperazine rings is 1. The Kier molecular flexibility index (Phi) is 8.47. The van der Waals surface area contributed by atoms with E-state index in [0.717, 1.165) is 0 Å². The van der Waals surface area contributed by atoms with Gasteiger partial charge in [0, 0.05) is 51.4 Å². The first-order valence-electron chi connectivity index (χ1n) is 11.1. The maximum atomic E-state index is 14.3. The van der Waals surface area contributed by atoms with Crippen molar-refractivity contribution in [3.8, 4) is 0 Å². The van der Waals surface area contributed by atoms with Gasteiger partial charge in [-0.3, -0.25) is 14.3 Å². The van der Waals surface area contributed by atoms with Gasteiger partial charge in [-0.15, -0.1) is 11.3 Å². The van der Waals surface area contributed by atoms with Crippen molar-refractivity contribution in [1.82, 2.24) is 19.4 Å². The van der Waals surface area contributed by atoms with Crippen molar-refractivity contribution in [2.45, 2.75) is 13.3 Å². The third kappa shape index (κ3) is 5.98. The molecule has 0 spiro atoms. The number of aromatic nitrogens is 2. The van der Waals surface area contributed by atoms with Crippen LogP contribution in [0.5, 0.6) is 0 Å². The summed E-state index contributed by atoms with van der Waals surface area (Å²) < 4.78 is 26.2. The summed E-state index contributed by atoms with van der Waals surface area (Å²) in [5.41, 5.74) is 0.961. The number of hydrogen-bond donors (Lipinski definition) is 0. The first-order chi connectivity index (χ1) is 17.4. The van der Waals surface area contributed by atoms with Crippen LogP contribution in [0.25, 0.3) is 0 Å². The van der Waals surface area contributed by atoms with Crippen LogP contribution >= 0.6 is 22.9 Å². The molecule has 1 aliphatic heterocycles. The summed E-state index contributed by atoms with van der Waals surface area (Å²) in [6.07, 6.45) is 1.86. The Bertz CT molecular complexity index is 1320. The molecule has 12 heteroatoms. The van der Waals surface area contributed by atoms with Crippen molar-refractivity contribution in [3.05, 3.63) is 74.4 Å². The second-order valence-corrected chi connectivity index (χ2v) is 9.33. The van der Waals surface area contributed by atoms with E-state index >= 15 is 0 Å². The quantitative estimate of drug-likeness (QED) is 0.433. The summed E-state index contributed by atoms with van der Waals surface area (Å²) in [5, 5.41) is 1.81. The Labute approximate surface area is 216 Å². The number of ether oxygens (including phenoxy) is 2. The van der Waals surface area contributed by atoms with Gasteiger partial charge in [-0.1, -0.05) is 17.7 Å². The maximum Gasteiger partial charge on any atom is 0.338 e. The van der Waals surface area contributed by atoms with Crippen molar-refractivity contribution in [2.24, 2.45) is 4.99 Å². The highest BCUT2D eigenvalue weighted by atomic mass is 35.5. The van der Waals surface area contributed by atoms with Crippen LogP contribution in [0.15, 0.2) is 46.9 Å². The molecule has 0 saturated carbocycles. The molecule has 0 unspecified atom stereocenters. The minimum absolute atomic E-state index is 0.0334. The molecule has 1 amide bonds. The molecule has 36 heavy (non-hydrogen) atoms. The lowest BCUT2D eigenvalue weighted by molar-refractivity contribution is 0.0594. The molecule has 0 bridgehead atoms. The Morgan fingerprint density at radius 1 is 1.19 bits per heavy atom. The summed E-state index contributed by atoms with van der Waals surface area (Å²) in [4.78, 5) is 38.7. The van der Waals surface area contributed by atoms with Crippen LogP contribution in [0, 0.1) is 5.82 Å². The first-order valence-corrected chi connectivity index (χ1v) is 12.4. The van der Waals surface area contributed by atoms with Gasteiger partial charge in [0.15, 0.2) is 16.4 Å². The summed E-state index contributed by atoms with van der Waals surface area (Å²) in [6, 6.07) is 7.68. The third-order valence-electron chi connectivity index (χ3n) is 5.65. The molecule has 1 aliphatic rings. The number of rotatable bonds is 7. The molecule has 3 aromatic rings. The lowest BCUT2D eigenvalue weighted by Crippen LogP contribution is -2.48. The monoisotopic (exact) mass is 533 g/mol. The van der Waals surface area contributed by atoms with E-state index < -0.39 is 11.8 Å². The second kappa shape index (κ2) is 11.7. The summed E-state index contributed by atoms with van der Waals surface area (Å²) in [7, 11) is 2.92. The van der Waals surface area contributed by atoms with Crippen LogP contribution in [0.3, 0.4) is 0 Å². The van der Waals surface area contributed by atoms with E-state index in [1.165, 1.54) is 30.6 Å². The van der Waals surface area contributed by atoms with E-state index in [9.17, 15) is 14.0 Å². The number of hydrogen-bond acceptors (Lipinski definition) is 8. The predicted octanol–water partition coefficient (Wildman–Crippen LogP) is 3.32. The molecule has 1 saturated heterocycles. The molecular formula is C24H25ClFN5O4S. The van der Waals surface area contributed by atoms with E-state index in [1.807, 2.05) is 16.1 Å². The van der Waals surface area contributed by atoms with Gasteiger partial charge in [0.1, 0.15) is 6.73 Å². The van der Waals surface area contributed by atoms with Crippen LogP contribution in [-0.4, -0.2) is 71.6 Å². The second-order valence-electron chi connectivity index (χ2n) is 8.05. The molecule has 0 aliphatic carbocycles. The first kappa shape index (κ1) is 26.0. The molecule has 0 atom stereocenters. The number of thiazole rings is 1. The Morgan fingerprint density at radius 3 is 2.69 bits per heavy atom. The van der Waals surface area contributed by atoms with Gasteiger partial charge >= 0.3 is 5.97 Å². The van der Waals surface area contributed by atoms with Crippen LogP contribution in [0.1, 0.15) is 26.4 Å². The summed E-state index contributed by atoms with van der Waals surface area (Å²) in [6.45, 7) is 2.75. The molecule has 4 rings (SSSR count). The maximum absolute atomic E-state index is 14.3. The average Bonchev–Trinajstić information content (AvgIpc) is 3.31. The van der Waals surface area contributed by atoms with Crippen molar-refractivity contribution in [1.29, 1.82) is 0 Å². The fourth-order valence-corrected chi connectivity index (χ4v) is 4.74. The molecule has 3 heterocycles. The van der Waals surface area contributed by atoms with Crippen LogP contribution in [0.4, 0.5) is 10.2 Å². The molecule has 0 radical (unpaired) electrons.